The first-order chi connectivity index (χ1) is 21.0. The van der Waals surface area contributed by atoms with Crippen LogP contribution in [0.1, 0.15) is 28.9 Å². The van der Waals surface area contributed by atoms with Gasteiger partial charge >= 0.3 is 0 Å². The number of likely N-dealkylation sites (tertiary alicyclic amines) is 1. The predicted octanol–water partition coefficient (Wildman–Crippen LogP) is 3.61. The maximum absolute atomic E-state index is 13.4. The van der Waals surface area contributed by atoms with E-state index in [1.165, 1.54) is 18.2 Å². The van der Waals surface area contributed by atoms with Gasteiger partial charge in [-0.15, -0.1) is 5.10 Å². The van der Waals surface area contributed by atoms with E-state index in [4.69, 9.17) is 9.47 Å². The lowest BCUT2D eigenvalue weighted by molar-refractivity contribution is 0.0466. The minimum Gasteiger partial charge on any atom is -0.454 e. The largest absolute Gasteiger partial charge is 0.454 e. The van der Waals surface area contributed by atoms with Gasteiger partial charge in [-0.3, -0.25) is 14.6 Å². The van der Waals surface area contributed by atoms with Crippen LogP contribution in [0.5, 0.6) is 11.5 Å². The smallest absolute Gasteiger partial charge is 0.254 e. The first kappa shape index (κ1) is 27.8. The molecular weight excluding hydrogens is 566 g/mol. The average Bonchev–Trinajstić information content (AvgIpc) is 3.53. The number of fused-ring (bicyclic) bond motifs is 2. The summed E-state index contributed by atoms with van der Waals surface area (Å²) in [5.74, 6) is 1.05. The molecule has 0 N–H and O–H groups in total. The molecule has 1 amide bonds. The number of amides is 1. The summed E-state index contributed by atoms with van der Waals surface area (Å²) >= 11 is 0. The van der Waals surface area contributed by atoms with Crippen molar-refractivity contribution >= 4 is 26.5 Å². The van der Waals surface area contributed by atoms with Crippen LogP contribution in [0.2, 0.25) is 0 Å². The fourth-order valence-electron chi connectivity index (χ4n) is 6.27. The van der Waals surface area contributed by atoms with E-state index in [-0.39, 0.29) is 22.6 Å². The standard InChI is InChI=1S/C32H33N5O5S/c38-32(28-7-3-5-23-4-1-2-6-27(23)28)37-14-12-25(13-15-37)36-18-16-35(17-19-36)21-24-8-11-31(34-33-24)43(39,40)26-9-10-29-30(20-26)42-22-41-29/h1-11,20,25H,12-19,21-22H2. The van der Waals surface area contributed by atoms with E-state index in [9.17, 15) is 13.2 Å². The molecule has 222 valence electrons. The molecule has 3 aliphatic heterocycles. The molecule has 1 aromatic heterocycles. The van der Waals surface area contributed by atoms with E-state index < -0.39 is 9.84 Å². The number of piperidine rings is 1. The molecule has 3 aliphatic rings. The molecule has 0 atom stereocenters. The molecule has 2 saturated heterocycles. The van der Waals surface area contributed by atoms with Crippen LogP contribution >= 0.6 is 0 Å². The predicted molar refractivity (Wildman–Crippen MR) is 160 cm³/mol. The fourth-order valence-corrected chi connectivity index (χ4v) is 7.42. The molecule has 4 heterocycles. The topological polar surface area (TPSA) is 105 Å². The summed E-state index contributed by atoms with van der Waals surface area (Å²) in [7, 11) is -3.82. The van der Waals surface area contributed by atoms with Crippen molar-refractivity contribution in [1.82, 2.24) is 24.9 Å². The van der Waals surface area contributed by atoms with E-state index in [2.05, 4.69) is 20.0 Å². The van der Waals surface area contributed by atoms with Crippen molar-refractivity contribution in [3.05, 3.63) is 84.1 Å². The molecule has 4 aromatic rings. The van der Waals surface area contributed by atoms with Crippen molar-refractivity contribution in [2.75, 3.05) is 46.1 Å². The number of nitrogens with zero attached hydrogens (tertiary/aromatic N) is 5. The van der Waals surface area contributed by atoms with Crippen molar-refractivity contribution in [1.29, 1.82) is 0 Å². The zero-order chi connectivity index (χ0) is 29.4. The first-order valence-corrected chi connectivity index (χ1v) is 16.1. The Bertz CT molecular complexity index is 1740. The summed E-state index contributed by atoms with van der Waals surface area (Å²) in [6, 6.07) is 22.3. The monoisotopic (exact) mass is 599 g/mol. The number of piperazine rings is 1. The average molecular weight is 600 g/mol. The maximum atomic E-state index is 13.4. The van der Waals surface area contributed by atoms with Crippen LogP contribution in [-0.2, 0) is 16.4 Å². The number of carbonyl (C=O) groups excluding carboxylic acids is 1. The van der Waals surface area contributed by atoms with Gasteiger partial charge in [0.15, 0.2) is 16.5 Å². The molecule has 0 aliphatic carbocycles. The van der Waals surface area contributed by atoms with Gasteiger partial charge in [0, 0.05) is 63.5 Å². The molecule has 11 heteroatoms. The highest BCUT2D eigenvalue weighted by molar-refractivity contribution is 7.91. The Morgan fingerprint density at radius 1 is 0.814 bits per heavy atom. The molecule has 10 nitrogen and oxygen atoms in total. The van der Waals surface area contributed by atoms with Crippen LogP contribution in [0.25, 0.3) is 10.8 Å². The number of benzene rings is 3. The number of aromatic nitrogens is 2. The van der Waals surface area contributed by atoms with Crippen LogP contribution in [-0.4, -0.2) is 91.3 Å². The molecule has 43 heavy (non-hydrogen) atoms. The highest BCUT2D eigenvalue weighted by atomic mass is 32.2. The summed E-state index contributed by atoms with van der Waals surface area (Å²) in [6.07, 6.45) is 1.95. The van der Waals surface area contributed by atoms with Crippen LogP contribution in [0.15, 0.2) is 82.7 Å². The lowest BCUT2D eigenvalue weighted by atomic mass is 9.99. The minimum absolute atomic E-state index is 0.0778. The fraction of sp³-hybridized carbons (Fsp3) is 0.344. The van der Waals surface area contributed by atoms with E-state index in [1.54, 1.807) is 12.1 Å². The van der Waals surface area contributed by atoms with Gasteiger partial charge in [-0.25, -0.2) is 8.42 Å². The molecule has 0 bridgehead atoms. The summed E-state index contributed by atoms with van der Waals surface area (Å²) in [6.45, 7) is 5.92. The molecule has 3 aromatic carbocycles. The number of hydrogen-bond donors (Lipinski definition) is 0. The van der Waals surface area contributed by atoms with Crippen molar-refractivity contribution in [3.63, 3.8) is 0 Å². The third-order valence-electron chi connectivity index (χ3n) is 8.71. The van der Waals surface area contributed by atoms with Crippen molar-refractivity contribution < 1.29 is 22.7 Å². The molecule has 7 rings (SSSR count). The Labute approximate surface area is 250 Å². The number of hydrogen-bond acceptors (Lipinski definition) is 9. The zero-order valence-electron chi connectivity index (χ0n) is 23.8. The highest BCUT2D eigenvalue weighted by Crippen LogP contribution is 2.35. The van der Waals surface area contributed by atoms with E-state index in [0.29, 0.717) is 24.1 Å². The number of sulfone groups is 1. The Morgan fingerprint density at radius 3 is 2.37 bits per heavy atom. The first-order valence-electron chi connectivity index (χ1n) is 14.7. The van der Waals surface area contributed by atoms with E-state index in [1.807, 2.05) is 47.4 Å². The van der Waals surface area contributed by atoms with Crippen LogP contribution in [0.4, 0.5) is 0 Å². The molecular formula is C32H33N5O5S. The Hall–Kier alpha value is -4.06. The molecule has 0 radical (unpaired) electrons. The minimum atomic E-state index is -3.82. The lowest BCUT2D eigenvalue weighted by Gasteiger charge is -2.42. The molecule has 0 unspecified atom stereocenters. The molecule has 2 fully saturated rings. The van der Waals surface area contributed by atoms with Crippen molar-refractivity contribution in [2.45, 2.75) is 35.3 Å². The van der Waals surface area contributed by atoms with E-state index in [0.717, 1.165) is 74.1 Å². The summed E-state index contributed by atoms with van der Waals surface area (Å²) in [5.41, 5.74) is 1.52. The Balaban J connectivity index is 0.906. The normalized spacial score (nSPS) is 18.3. The van der Waals surface area contributed by atoms with Gasteiger partial charge in [-0.05, 0) is 53.9 Å². The van der Waals surface area contributed by atoms with Crippen LogP contribution in [0.3, 0.4) is 0 Å². The summed E-state index contributed by atoms with van der Waals surface area (Å²) < 4.78 is 36.7. The van der Waals surface area contributed by atoms with Gasteiger partial charge in [0.25, 0.3) is 5.91 Å². The third-order valence-corrected chi connectivity index (χ3v) is 10.3. The van der Waals surface area contributed by atoms with Gasteiger partial charge in [0.2, 0.25) is 16.6 Å². The van der Waals surface area contributed by atoms with Crippen molar-refractivity contribution in [3.8, 4) is 11.5 Å². The van der Waals surface area contributed by atoms with Crippen LogP contribution in [0, 0.1) is 0 Å². The summed E-state index contributed by atoms with van der Waals surface area (Å²) in [5, 5.41) is 10.3. The summed E-state index contributed by atoms with van der Waals surface area (Å²) in [4.78, 5) is 20.3. The van der Waals surface area contributed by atoms with Gasteiger partial charge < -0.3 is 14.4 Å². The number of carbonyl (C=O) groups is 1. The van der Waals surface area contributed by atoms with Gasteiger partial charge in [0.05, 0.1) is 10.6 Å². The van der Waals surface area contributed by atoms with Gasteiger partial charge in [-0.1, -0.05) is 36.4 Å². The van der Waals surface area contributed by atoms with Gasteiger partial charge in [-0.2, -0.15) is 5.10 Å². The number of ether oxygens (including phenoxy) is 2. The van der Waals surface area contributed by atoms with Crippen LogP contribution < -0.4 is 9.47 Å². The van der Waals surface area contributed by atoms with Gasteiger partial charge in [0.1, 0.15) is 0 Å². The second-order valence-electron chi connectivity index (χ2n) is 11.2. The lowest BCUT2D eigenvalue weighted by Crippen LogP contribution is -2.53. The van der Waals surface area contributed by atoms with E-state index >= 15 is 0 Å². The highest BCUT2D eigenvalue weighted by Gasteiger charge is 2.30. The number of rotatable bonds is 6. The second kappa shape index (κ2) is 11.6. The zero-order valence-corrected chi connectivity index (χ0v) is 24.6. The SMILES string of the molecule is O=C(c1cccc2ccccc12)N1CCC(N2CCN(Cc3ccc(S(=O)(=O)c4ccc5c(c4)OCO5)nn3)CC2)CC1. The third kappa shape index (κ3) is 5.55. The second-order valence-corrected chi connectivity index (χ2v) is 13.1. The molecule has 0 spiro atoms. The Kier molecular flexibility index (Phi) is 7.46. The quantitative estimate of drug-likeness (QED) is 0.329. The maximum Gasteiger partial charge on any atom is 0.254 e. The Morgan fingerprint density at radius 2 is 1.58 bits per heavy atom. The molecule has 0 saturated carbocycles. The van der Waals surface area contributed by atoms with Crippen molar-refractivity contribution in [2.24, 2.45) is 0 Å².